The summed E-state index contributed by atoms with van der Waals surface area (Å²) in [5, 5.41) is 2.71. The number of piperidine rings is 1. The van der Waals surface area contributed by atoms with Crippen molar-refractivity contribution >= 4 is 27.5 Å². The van der Waals surface area contributed by atoms with Crippen LogP contribution in [-0.2, 0) is 14.6 Å². The van der Waals surface area contributed by atoms with Crippen molar-refractivity contribution in [1.29, 1.82) is 0 Å². The van der Waals surface area contributed by atoms with E-state index in [1.165, 1.54) is 0 Å². The fourth-order valence-electron chi connectivity index (χ4n) is 3.00. The van der Waals surface area contributed by atoms with Gasteiger partial charge in [-0.05, 0) is 38.3 Å². The highest BCUT2D eigenvalue weighted by Crippen LogP contribution is 2.24. The Morgan fingerprint density at radius 3 is 2.71 bits per heavy atom. The lowest BCUT2D eigenvalue weighted by Crippen LogP contribution is -2.50. The molecule has 0 aliphatic carbocycles. The van der Waals surface area contributed by atoms with Crippen LogP contribution in [0.5, 0.6) is 0 Å². The van der Waals surface area contributed by atoms with Gasteiger partial charge in [0.1, 0.15) is 5.37 Å². The maximum atomic E-state index is 12.5. The Balaban J connectivity index is 1.92. The molecule has 0 aromatic rings. The number of nitrogens with one attached hydrogen (secondary N) is 1. The Morgan fingerprint density at radius 1 is 1.33 bits per heavy atom. The van der Waals surface area contributed by atoms with Gasteiger partial charge in [0, 0.05) is 30.2 Å². The Bertz CT molecular complexity index is 447. The van der Waals surface area contributed by atoms with Crippen LogP contribution in [0.25, 0.3) is 0 Å². The standard InChI is InChI=1S/C14H26N2O3S2/c1-2-21(18,19)14-11-20-10-9-16(14)13(17)4-3-12-5-7-15-8-6-12/h12,14-15H,2-11H2,1H3. The zero-order chi connectivity index (χ0) is 15.3. The lowest BCUT2D eigenvalue weighted by atomic mass is 9.93. The van der Waals surface area contributed by atoms with Gasteiger partial charge in [0.25, 0.3) is 0 Å². The number of hydrogen-bond donors (Lipinski definition) is 1. The number of rotatable bonds is 5. The molecule has 0 saturated carbocycles. The molecule has 5 nitrogen and oxygen atoms in total. The summed E-state index contributed by atoms with van der Waals surface area (Å²) >= 11 is 1.63. The van der Waals surface area contributed by atoms with Gasteiger partial charge in [-0.2, -0.15) is 11.8 Å². The van der Waals surface area contributed by atoms with Gasteiger partial charge in [-0.25, -0.2) is 8.42 Å². The van der Waals surface area contributed by atoms with Crippen LogP contribution in [0.15, 0.2) is 0 Å². The van der Waals surface area contributed by atoms with Crippen molar-refractivity contribution in [3.05, 3.63) is 0 Å². The summed E-state index contributed by atoms with van der Waals surface area (Å²) in [5.74, 6) is 2.10. The van der Waals surface area contributed by atoms with Crippen molar-refractivity contribution in [2.75, 3.05) is 36.9 Å². The molecule has 0 spiro atoms. The SMILES string of the molecule is CCS(=O)(=O)C1CSCCN1C(=O)CCC1CCNCC1. The van der Waals surface area contributed by atoms with E-state index in [4.69, 9.17) is 0 Å². The molecular formula is C14H26N2O3S2. The second-order valence-corrected chi connectivity index (χ2v) is 9.40. The summed E-state index contributed by atoms with van der Waals surface area (Å²) in [6.45, 7) is 4.30. The van der Waals surface area contributed by atoms with E-state index in [9.17, 15) is 13.2 Å². The first-order valence-electron chi connectivity index (χ1n) is 7.84. The van der Waals surface area contributed by atoms with E-state index >= 15 is 0 Å². The average Bonchev–Trinajstić information content (AvgIpc) is 2.53. The number of thioether (sulfide) groups is 1. The van der Waals surface area contributed by atoms with E-state index in [2.05, 4.69) is 5.32 Å². The first kappa shape index (κ1) is 17.1. The Morgan fingerprint density at radius 2 is 2.05 bits per heavy atom. The lowest BCUT2D eigenvalue weighted by molar-refractivity contribution is -0.132. The molecule has 1 unspecified atom stereocenters. The fraction of sp³-hybridized carbons (Fsp3) is 0.929. The highest BCUT2D eigenvalue weighted by atomic mass is 32.2. The Kier molecular flexibility index (Phi) is 6.37. The van der Waals surface area contributed by atoms with Crippen LogP contribution in [0.2, 0.25) is 0 Å². The molecule has 2 aliphatic rings. The van der Waals surface area contributed by atoms with Crippen LogP contribution < -0.4 is 5.32 Å². The first-order valence-corrected chi connectivity index (χ1v) is 10.7. The highest BCUT2D eigenvalue weighted by molar-refractivity contribution is 8.01. The van der Waals surface area contributed by atoms with Crippen LogP contribution in [0, 0.1) is 5.92 Å². The average molecular weight is 335 g/mol. The van der Waals surface area contributed by atoms with Gasteiger partial charge < -0.3 is 10.2 Å². The second-order valence-electron chi connectivity index (χ2n) is 5.80. The van der Waals surface area contributed by atoms with Gasteiger partial charge in [0.15, 0.2) is 9.84 Å². The van der Waals surface area contributed by atoms with Gasteiger partial charge in [-0.3, -0.25) is 4.79 Å². The third kappa shape index (κ3) is 4.60. The van der Waals surface area contributed by atoms with Crippen molar-refractivity contribution in [2.24, 2.45) is 5.92 Å². The number of carbonyl (C=O) groups excluding carboxylic acids is 1. The minimum Gasteiger partial charge on any atom is -0.324 e. The minimum absolute atomic E-state index is 0.0239. The third-order valence-corrected chi connectivity index (χ3v) is 7.74. The topological polar surface area (TPSA) is 66.5 Å². The Labute approximate surface area is 132 Å². The van der Waals surface area contributed by atoms with E-state index in [1.54, 1.807) is 23.6 Å². The molecule has 2 saturated heterocycles. The summed E-state index contributed by atoms with van der Waals surface area (Å²) in [7, 11) is -3.18. The van der Waals surface area contributed by atoms with E-state index in [0.29, 0.717) is 24.6 Å². The number of sulfone groups is 1. The van der Waals surface area contributed by atoms with Gasteiger partial charge in [-0.1, -0.05) is 6.92 Å². The van der Waals surface area contributed by atoms with Crippen molar-refractivity contribution in [3.63, 3.8) is 0 Å². The molecule has 122 valence electrons. The van der Waals surface area contributed by atoms with Gasteiger partial charge in [0.05, 0.1) is 0 Å². The highest BCUT2D eigenvalue weighted by Gasteiger charge is 2.35. The van der Waals surface area contributed by atoms with Crippen molar-refractivity contribution < 1.29 is 13.2 Å². The summed E-state index contributed by atoms with van der Waals surface area (Å²) in [5.41, 5.74) is 0. The van der Waals surface area contributed by atoms with Crippen LogP contribution in [0.4, 0.5) is 0 Å². The van der Waals surface area contributed by atoms with E-state index in [1.807, 2.05) is 0 Å². The summed E-state index contributed by atoms with van der Waals surface area (Å²) in [6, 6.07) is 0. The zero-order valence-corrected chi connectivity index (χ0v) is 14.3. The summed E-state index contributed by atoms with van der Waals surface area (Å²) in [4.78, 5) is 14.1. The molecule has 2 heterocycles. The van der Waals surface area contributed by atoms with Crippen molar-refractivity contribution in [1.82, 2.24) is 10.2 Å². The molecule has 0 bridgehead atoms. The third-order valence-electron chi connectivity index (χ3n) is 4.45. The van der Waals surface area contributed by atoms with E-state index in [-0.39, 0.29) is 11.7 Å². The largest absolute Gasteiger partial charge is 0.324 e. The molecule has 0 aromatic heterocycles. The van der Waals surface area contributed by atoms with E-state index < -0.39 is 15.2 Å². The molecule has 2 rings (SSSR count). The smallest absolute Gasteiger partial charge is 0.223 e. The molecule has 2 aliphatic heterocycles. The maximum Gasteiger partial charge on any atom is 0.223 e. The molecule has 1 amide bonds. The predicted molar refractivity (Wildman–Crippen MR) is 87.1 cm³/mol. The number of nitrogens with zero attached hydrogens (tertiary/aromatic N) is 1. The molecule has 0 radical (unpaired) electrons. The van der Waals surface area contributed by atoms with Gasteiger partial charge in [0.2, 0.25) is 5.91 Å². The molecule has 1 atom stereocenters. The number of carbonyl (C=O) groups is 1. The van der Waals surface area contributed by atoms with Crippen molar-refractivity contribution in [3.8, 4) is 0 Å². The van der Waals surface area contributed by atoms with Crippen LogP contribution in [0.1, 0.15) is 32.6 Å². The Hall–Kier alpha value is -0.270. The first-order chi connectivity index (χ1) is 10.0. The fourth-order valence-corrected chi connectivity index (χ4v) is 5.99. The number of amides is 1. The normalized spacial score (nSPS) is 25.0. The summed E-state index contributed by atoms with van der Waals surface area (Å²) < 4.78 is 24.3. The van der Waals surface area contributed by atoms with Crippen molar-refractivity contribution in [2.45, 2.75) is 38.0 Å². The molecule has 7 heteroatoms. The summed E-state index contributed by atoms with van der Waals surface area (Å²) in [6.07, 6.45) is 3.63. The quantitative estimate of drug-likeness (QED) is 0.816. The minimum atomic E-state index is -3.18. The zero-order valence-electron chi connectivity index (χ0n) is 12.7. The molecular weight excluding hydrogens is 308 g/mol. The van der Waals surface area contributed by atoms with Crippen LogP contribution in [0.3, 0.4) is 0 Å². The molecule has 21 heavy (non-hydrogen) atoms. The monoisotopic (exact) mass is 334 g/mol. The van der Waals surface area contributed by atoms with E-state index in [0.717, 1.165) is 38.1 Å². The molecule has 2 fully saturated rings. The second kappa shape index (κ2) is 7.83. The number of hydrogen-bond acceptors (Lipinski definition) is 5. The van der Waals surface area contributed by atoms with Crippen LogP contribution >= 0.6 is 11.8 Å². The van der Waals surface area contributed by atoms with Gasteiger partial charge >= 0.3 is 0 Å². The lowest BCUT2D eigenvalue weighted by Gasteiger charge is -2.35. The molecule has 0 aromatic carbocycles. The van der Waals surface area contributed by atoms with Crippen LogP contribution in [-0.4, -0.2) is 61.5 Å². The predicted octanol–water partition coefficient (Wildman–Crippen LogP) is 1.10. The maximum absolute atomic E-state index is 12.5. The van der Waals surface area contributed by atoms with Gasteiger partial charge in [-0.15, -0.1) is 0 Å². The molecule has 1 N–H and O–H groups in total.